The zero-order chi connectivity index (χ0) is 15.1. The Labute approximate surface area is 128 Å². The van der Waals surface area contributed by atoms with Crippen LogP contribution in [0, 0.1) is 0 Å². The van der Waals surface area contributed by atoms with E-state index in [-0.39, 0.29) is 0 Å². The topological polar surface area (TPSA) is 21.1 Å². The standard InChI is InChI=1S/C18H27N3/c1-4-16-15-19-21(14-10-13-20(5-2)6-3)18(16)17-11-8-7-9-12-17/h7-9,11-12,15H,4-6,10,13-14H2,1-3H3. The Balaban J connectivity index is 2.12. The molecule has 0 saturated heterocycles. The molecule has 2 aromatic rings. The number of aromatic nitrogens is 2. The summed E-state index contributed by atoms with van der Waals surface area (Å²) in [5.41, 5.74) is 3.90. The molecule has 1 aromatic carbocycles. The second-order valence-corrected chi connectivity index (χ2v) is 5.34. The molecule has 0 aliphatic heterocycles. The van der Waals surface area contributed by atoms with Gasteiger partial charge in [0.25, 0.3) is 0 Å². The van der Waals surface area contributed by atoms with Gasteiger partial charge in [0.2, 0.25) is 0 Å². The third kappa shape index (κ3) is 3.94. The highest BCUT2D eigenvalue weighted by atomic mass is 15.3. The fraction of sp³-hybridized carbons (Fsp3) is 0.500. The Morgan fingerprint density at radius 2 is 1.76 bits per heavy atom. The maximum atomic E-state index is 4.61. The number of hydrogen-bond acceptors (Lipinski definition) is 2. The molecule has 0 radical (unpaired) electrons. The second-order valence-electron chi connectivity index (χ2n) is 5.34. The SMILES string of the molecule is CCc1cnn(CCCN(CC)CC)c1-c1ccccc1. The summed E-state index contributed by atoms with van der Waals surface area (Å²) in [6.07, 6.45) is 4.20. The van der Waals surface area contributed by atoms with Gasteiger partial charge in [0.1, 0.15) is 0 Å². The number of rotatable bonds is 8. The Bertz CT molecular complexity index is 527. The smallest absolute Gasteiger partial charge is 0.0714 e. The van der Waals surface area contributed by atoms with Gasteiger partial charge in [0.05, 0.1) is 11.9 Å². The van der Waals surface area contributed by atoms with Crippen LogP contribution in [0.15, 0.2) is 36.5 Å². The van der Waals surface area contributed by atoms with Crippen LogP contribution in [0.25, 0.3) is 11.3 Å². The first kappa shape index (κ1) is 15.8. The predicted octanol–water partition coefficient (Wildman–Crippen LogP) is 3.84. The number of hydrogen-bond donors (Lipinski definition) is 0. The summed E-state index contributed by atoms with van der Waals surface area (Å²) in [5.74, 6) is 0. The molecule has 0 fully saturated rings. The zero-order valence-corrected chi connectivity index (χ0v) is 13.5. The monoisotopic (exact) mass is 285 g/mol. The molecule has 114 valence electrons. The van der Waals surface area contributed by atoms with Gasteiger partial charge in [-0.2, -0.15) is 5.10 Å². The lowest BCUT2D eigenvalue weighted by Crippen LogP contribution is -2.25. The van der Waals surface area contributed by atoms with Crippen LogP contribution in [0.2, 0.25) is 0 Å². The Kier molecular flexibility index (Phi) is 6.00. The molecule has 0 spiro atoms. The van der Waals surface area contributed by atoms with E-state index in [1.807, 2.05) is 6.20 Å². The third-order valence-electron chi connectivity index (χ3n) is 4.08. The highest BCUT2D eigenvalue weighted by molar-refractivity contribution is 5.63. The van der Waals surface area contributed by atoms with Crippen LogP contribution in [-0.2, 0) is 13.0 Å². The van der Waals surface area contributed by atoms with Crippen LogP contribution in [0.5, 0.6) is 0 Å². The van der Waals surface area contributed by atoms with Crippen molar-refractivity contribution in [3.8, 4) is 11.3 Å². The van der Waals surface area contributed by atoms with E-state index in [4.69, 9.17) is 0 Å². The molecule has 0 N–H and O–H groups in total. The lowest BCUT2D eigenvalue weighted by molar-refractivity contribution is 0.291. The summed E-state index contributed by atoms with van der Waals surface area (Å²) in [6, 6.07) is 10.6. The average Bonchev–Trinajstić information content (AvgIpc) is 2.95. The normalized spacial score (nSPS) is 11.2. The van der Waals surface area contributed by atoms with Crippen LogP contribution in [-0.4, -0.2) is 34.3 Å². The van der Waals surface area contributed by atoms with E-state index in [2.05, 4.69) is 65.8 Å². The molecule has 0 saturated carbocycles. The molecule has 0 amide bonds. The van der Waals surface area contributed by atoms with Gasteiger partial charge < -0.3 is 4.90 Å². The largest absolute Gasteiger partial charge is 0.304 e. The van der Waals surface area contributed by atoms with Crippen LogP contribution >= 0.6 is 0 Å². The van der Waals surface area contributed by atoms with Gasteiger partial charge in [-0.3, -0.25) is 4.68 Å². The van der Waals surface area contributed by atoms with Gasteiger partial charge in [-0.05, 0) is 38.0 Å². The van der Waals surface area contributed by atoms with Crippen molar-refractivity contribution in [2.24, 2.45) is 0 Å². The molecule has 0 bridgehead atoms. The third-order valence-corrected chi connectivity index (χ3v) is 4.08. The minimum Gasteiger partial charge on any atom is -0.304 e. The van der Waals surface area contributed by atoms with Gasteiger partial charge >= 0.3 is 0 Å². The van der Waals surface area contributed by atoms with Crippen molar-refractivity contribution in [1.82, 2.24) is 14.7 Å². The molecule has 2 rings (SSSR count). The van der Waals surface area contributed by atoms with E-state index in [1.165, 1.54) is 16.8 Å². The molecular weight excluding hydrogens is 258 g/mol. The minimum atomic E-state index is 0.987. The quantitative estimate of drug-likeness (QED) is 0.734. The summed E-state index contributed by atoms with van der Waals surface area (Å²) < 4.78 is 2.18. The fourth-order valence-corrected chi connectivity index (χ4v) is 2.77. The van der Waals surface area contributed by atoms with E-state index >= 15 is 0 Å². The Morgan fingerprint density at radius 1 is 1.05 bits per heavy atom. The second kappa shape index (κ2) is 7.99. The summed E-state index contributed by atoms with van der Waals surface area (Å²) in [7, 11) is 0. The summed E-state index contributed by atoms with van der Waals surface area (Å²) in [4.78, 5) is 2.46. The fourth-order valence-electron chi connectivity index (χ4n) is 2.77. The molecule has 0 aliphatic carbocycles. The van der Waals surface area contributed by atoms with E-state index in [1.54, 1.807) is 0 Å². The van der Waals surface area contributed by atoms with Crippen molar-refractivity contribution < 1.29 is 0 Å². The molecular formula is C18H27N3. The summed E-state index contributed by atoms with van der Waals surface area (Å²) >= 11 is 0. The lowest BCUT2D eigenvalue weighted by Gasteiger charge is -2.18. The highest BCUT2D eigenvalue weighted by Gasteiger charge is 2.11. The first-order valence-corrected chi connectivity index (χ1v) is 8.12. The molecule has 3 nitrogen and oxygen atoms in total. The average molecular weight is 285 g/mol. The van der Waals surface area contributed by atoms with Crippen LogP contribution in [0.3, 0.4) is 0 Å². The predicted molar refractivity (Wildman–Crippen MR) is 89.4 cm³/mol. The van der Waals surface area contributed by atoms with Crippen LogP contribution in [0.4, 0.5) is 0 Å². The first-order chi connectivity index (χ1) is 10.3. The van der Waals surface area contributed by atoms with E-state index in [0.717, 1.165) is 39.0 Å². The van der Waals surface area contributed by atoms with Gasteiger partial charge in [-0.15, -0.1) is 0 Å². The molecule has 0 atom stereocenters. The lowest BCUT2D eigenvalue weighted by atomic mass is 10.1. The number of aryl methyl sites for hydroxylation is 2. The molecule has 21 heavy (non-hydrogen) atoms. The molecule has 0 unspecified atom stereocenters. The minimum absolute atomic E-state index is 0.987. The number of benzene rings is 1. The summed E-state index contributed by atoms with van der Waals surface area (Å²) in [5, 5.41) is 4.61. The molecule has 3 heteroatoms. The highest BCUT2D eigenvalue weighted by Crippen LogP contribution is 2.24. The Morgan fingerprint density at radius 3 is 2.38 bits per heavy atom. The van der Waals surface area contributed by atoms with Crippen molar-refractivity contribution in [2.75, 3.05) is 19.6 Å². The van der Waals surface area contributed by atoms with E-state index in [0.29, 0.717) is 0 Å². The Hall–Kier alpha value is -1.61. The summed E-state index contributed by atoms with van der Waals surface area (Å²) in [6.45, 7) is 11.0. The van der Waals surface area contributed by atoms with Gasteiger partial charge in [0, 0.05) is 12.1 Å². The van der Waals surface area contributed by atoms with Crippen LogP contribution in [0.1, 0.15) is 32.8 Å². The molecule has 1 aromatic heterocycles. The van der Waals surface area contributed by atoms with Crippen molar-refractivity contribution in [2.45, 2.75) is 40.2 Å². The van der Waals surface area contributed by atoms with Crippen molar-refractivity contribution >= 4 is 0 Å². The zero-order valence-electron chi connectivity index (χ0n) is 13.5. The van der Waals surface area contributed by atoms with Crippen molar-refractivity contribution in [1.29, 1.82) is 0 Å². The molecule has 1 heterocycles. The van der Waals surface area contributed by atoms with E-state index < -0.39 is 0 Å². The maximum Gasteiger partial charge on any atom is 0.0714 e. The van der Waals surface area contributed by atoms with E-state index in [9.17, 15) is 0 Å². The first-order valence-electron chi connectivity index (χ1n) is 8.12. The van der Waals surface area contributed by atoms with Gasteiger partial charge in [-0.25, -0.2) is 0 Å². The van der Waals surface area contributed by atoms with Crippen molar-refractivity contribution in [3.05, 3.63) is 42.1 Å². The van der Waals surface area contributed by atoms with Gasteiger partial charge in [0.15, 0.2) is 0 Å². The maximum absolute atomic E-state index is 4.61. The van der Waals surface area contributed by atoms with Crippen LogP contribution < -0.4 is 0 Å². The number of nitrogens with zero attached hydrogens (tertiary/aromatic N) is 3. The van der Waals surface area contributed by atoms with Gasteiger partial charge in [-0.1, -0.05) is 51.1 Å². The van der Waals surface area contributed by atoms with Crippen molar-refractivity contribution in [3.63, 3.8) is 0 Å². The molecule has 0 aliphatic rings.